The SMILES string of the molecule is CC(C)N(CCC(N)=S)C(=O)c1ccncc1. The lowest BCUT2D eigenvalue weighted by atomic mass is 10.2. The number of nitrogens with two attached hydrogens (primary N) is 1. The lowest BCUT2D eigenvalue weighted by Gasteiger charge is -2.26. The summed E-state index contributed by atoms with van der Waals surface area (Å²) in [6, 6.07) is 3.53. The number of thiocarbonyl (C=S) groups is 1. The second-order valence-corrected chi connectivity index (χ2v) is 4.57. The number of pyridine rings is 1. The molecule has 0 aliphatic rings. The van der Waals surface area contributed by atoms with Crippen molar-refractivity contribution in [2.75, 3.05) is 6.54 Å². The fraction of sp³-hybridized carbons (Fsp3) is 0.417. The molecular formula is C12H17N3OS. The summed E-state index contributed by atoms with van der Waals surface area (Å²) < 4.78 is 0. The molecule has 0 saturated carbocycles. The van der Waals surface area contributed by atoms with Crippen molar-refractivity contribution in [3.05, 3.63) is 30.1 Å². The molecule has 0 aliphatic carbocycles. The normalized spacial score (nSPS) is 10.3. The van der Waals surface area contributed by atoms with Crippen molar-refractivity contribution in [2.24, 2.45) is 5.73 Å². The molecule has 0 aliphatic heterocycles. The van der Waals surface area contributed by atoms with Gasteiger partial charge in [0, 0.05) is 37.0 Å². The van der Waals surface area contributed by atoms with Crippen molar-refractivity contribution in [3.63, 3.8) is 0 Å². The molecule has 0 unspecified atom stereocenters. The van der Waals surface area contributed by atoms with Gasteiger partial charge >= 0.3 is 0 Å². The first-order chi connectivity index (χ1) is 8.02. The molecule has 5 heteroatoms. The Bertz CT molecular complexity index is 392. The fourth-order valence-corrected chi connectivity index (χ4v) is 1.58. The molecule has 17 heavy (non-hydrogen) atoms. The van der Waals surface area contributed by atoms with Crippen molar-refractivity contribution in [1.82, 2.24) is 9.88 Å². The lowest BCUT2D eigenvalue weighted by Crippen LogP contribution is -2.38. The van der Waals surface area contributed by atoms with Gasteiger partial charge in [-0.25, -0.2) is 0 Å². The van der Waals surface area contributed by atoms with E-state index in [2.05, 4.69) is 4.98 Å². The van der Waals surface area contributed by atoms with Crippen LogP contribution >= 0.6 is 12.2 Å². The lowest BCUT2D eigenvalue weighted by molar-refractivity contribution is 0.0711. The number of nitrogens with zero attached hydrogens (tertiary/aromatic N) is 2. The quantitative estimate of drug-likeness (QED) is 0.808. The summed E-state index contributed by atoms with van der Waals surface area (Å²) >= 11 is 4.83. The molecule has 1 rings (SSSR count). The molecule has 1 heterocycles. The number of carbonyl (C=O) groups excluding carboxylic acids is 1. The Kier molecular flexibility index (Phi) is 5.03. The first-order valence-electron chi connectivity index (χ1n) is 5.51. The highest BCUT2D eigenvalue weighted by atomic mass is 32.1. The predicted molar refractivity (Wildman–Crippen MR) is 71.8 cm³/mol. The molecule has 92 valence electrons. The number of hydrogen-bond acceptors (Lipinski definition) is 3. The maximum absolute atomic E-state index is 12.2. The van der Waals surface area contributed by atoms with Gasteiger partial charge in [0.2, 0.25) is 0 Å². The summed E-state index contributed by atoms with van der Waals surface area (Å²) in [7, 11) is 0. The molecule has 0 spiro atoms. The van der Waals surface area contributed by atoms with Crippen LogP contribution in [-0.2, 0) is 0 Å². The molecule has 1 amide bonds. The monoisotopic (exact) mass is 251 g/mol. The maximum Gasteiger partial charge on any atom is 0.254 e. The van der Waals surface area contributed by atoms with Crippen molar-refractivity contribution < 1.29 is 4.79 Å². The Morgan fingerprint density at radius 1 is 1.47 bits per heavy atom. The van der Waals surface area contributed by atoms with Crippen LogP contribution in [0.2, 0.25) is 0 Å². The van der Waals surface area contributed by atoms with Gasteiger partial charge < -0.3 is 10.6 Å². The Labute approximate surface area is 107 Å². The smallest absolute Gasteiger partial charge is 0.254 e. The van der Waals surface area contributed by atoms with Crippen molar-refractivity contribution in [3.8, 4) is 0 Å². The van der Waals surface area contributed by atoms with E-state index in [0.717, 1.165) is 0 Å². The minimum atomic E-state index is -0.0151. The van der Waals surface area contributed by atoms with E-state index < -0.39 is 0 Å². The minimum Gasteiger partial charge on any atom is -0.393 e. The van der Waals surface area contributed by atoms with E-state index in [0.29, 0.717) is 23.5 Å². The standard InChI is InChI=1S/C12H17N3OS/c1-9(2)15(8-5-11(13)17)12(16)10-3-6-14-7-4-10/h3-4,6-7,9H,5,8H2,1-2H3,(H2,13,17). The molecule has 2 N–H and O–H groups in total. The molecule has 1 aromatic heterocycles. The summed E-state index contributed by atoms with van der Waals surface area (Å²) in [6.07, 6.45) is 3.77. The van der Waals surface area contributed by atoms with Gasteiger partial charge in [-0.2, -0.15) is 0 Å². The van der Waals surface area contributed by atoms with Crippen LogP contribution in [0.3, 0.4) is 0 Å². The molecule has 0 saturated heterocycles. The maximum atomic E-state index is 12.2. The van der Waals surface area contributed by atoms with E-state index in [1.807, 2.05) is 13.8 Å². The van der Waals surface area contributed by atoms with Gasteiger partial charge in [0.15, 0.2) is 0 Å². The van der Waals surface area contributed by atoms with Gasteiger partial charge in [0.05, 0.1) is 4.99 Å². The largest absolute Gasteiger partial charge is 0.393 e. The van der Waals surface area contributed by atoms with Gasteiger partial charge in [-0.05, 0) is 26.0 Å². The highest BCUT2D eigenvalue weighted by Crippen LogP contribution is 2.08. The van der Waals surface area contributed by atoms with E-state index in [9.17, 15) is 4.79 Å². The topological polar surface area (TPSA) is 59.2 Å². The summed E-state index contributed by atoms with van der Waals surface area (Å²) in [5.74, 6) is -0.0151. The minimum absolute atomic E-state index is 0.0151. The van der Waals surface area contributed by atoms with Crippen LogP contribution in [0, 0.1) is 0 Å². The van der Waals surface area contributed by atoms with Crippen LogP contribution < -0.4 is 5.73 Å². The molecule has 4 nitrogen and oxygen atoms in total. The molecule has 0 bridgehead atoms. The van der Waals surface area contributed by atoms with Gasteiger partial charge in [0.25, 0.3) is 5.91 Å². The first-order valence-corrected chi connectivity index (χ1v) is 5.92. The van der Waals surface area contributed by atoms with E-state index in [-0.39, 0.29) is 11.9 Å². The number of aromatic nitrogens is 1. The van der Waals surface area contributed by atoms with Crippen molar-refractivity contribution in [2.45, 2.75) is 26.3 Å². The highest BCUT2D eigenvalue weighted by molar-refractivity contribution is 7.80. The Morgan fingerprint density at radius 3 is 2.53 bits per heavy atom. The molecule has 1 aromatic rings. The third-order valence-corrected chi connectivity index (χ3v) is 2.61. The van der Waals surface area contributed by atoms with Crippen LogP contribution in [0.1, 0.15) is 30.6 Å². The number of amides is 1. The fourth-order valence-electron chi connectivity index (χ4n) is 1.49. The summed E-state index contributed by atoms with van der Waals surface area (Å²) in [5.41, 5.74) is 6.10. The van der Waals surface area contributed by atoms with E-state index in [4.69, 9.17) is 18.0 Å². The summed E-state index contributed by atoms with van der Waals surface area (Å²) in [6.45, 7) is 4.49. The highest BCUT2D eigenvalue weighted by Gasteiger charge is 2.18. The average molecular weight is 251 g/mol. The van der Waals surface area contributed by atoms with Crippen LogP contribution in [0.5, 0.6) is 0 Å². The average Bonchev–Trinajstić information content (AvgIpc) is 2.29. The third kappa shape index (κ3) is 4.11. The van der Waals surface area contributed by atoms with E-state index in [1.165, 1.54) is 0 Å². The number of carbonyl (C=O) groups is 1. The summed E-state index contributed by atoms with van der Waals surface area (Å²) in [5, 5.41) is 0. The Morgan fingerprint density at radius 2 is 2.06 bits per heavy atom. The van der Waals surface area contributed by atoms with Crippen LogP contribution in [0.25, 0.3) is 0 Å². The zero-order valence-electron chi connectivity index (χ0n) is 10.1. The molecule has 0 atom stereocenters. The van der Waals surface area contributed by atoms with Crippen LogP contribution in [0.4, 0.5) is 0 Å². The van der Waals surface area contributed by atoms with Gasteiger partial charge in [-0.1, -0.05) is 12.2 Å². The summed E-state index contributed by atoms with van der Waals surface area (Å²) in [4.78, 5) is 18.3. The molecule has 0 fully saturated rings. The molecule has 0 aromatic carbocycles. The van der Waals surface area contributed by atoms with Crippen LogP contribution in [-0.4, -0.2) is 33.4 Å². The first kappa shape index (κ1) is 13.6. The van der Waals surface area contributed by atoms with Crippen LogP contribution in [0.15, 0.2) is 24.5 Å². The van der Waals surface area contributed by atoms with Crippen molar-refractivity contribution in [1.29, 1.82) is 0 Å². The Hall–Kier alpha value is -1.49. The van der Waals surface area contributed by atoms with Gasteiger partial charge in [-0.15, -0.1) is 0 Å². The van der Waals surface area contributed by atoms with Crippen molar-refractivity contribution >= 4 is 23.1 Å². The zero-order valence-corrected chi connectivity index (χ0v) is 10.9. The molecule has 0 radical (unpaired) electrons. The Balaban J connectivity index is 2.77. The van der Waals surface area contributed by atoms with E-state index >= 15 is 0 Å². The zero-order chi connectivity index (χ0) is 12.8. The van der Waals surface area contributed by atoms with E-state index in [1.54, 1.807) is 29.4 Å². The van der Waals surface area contributed by atoms with Gasteiger partial charge in [0.1, 0.15) is 0 Å². The number of hydrogen-bond donors (Lipinski definition) is 1. The third-order valence-electron chi connectivity index (χ3n) is 2.41. The predicted octanol–water partition coefficient (Wildman–Crippen LogP) is 1.61. The second-order valence-electron chi connectivity index (χ2n) is 4.04. The number of rotatable bonds is 5. The second kappa shape index (κ2) is 6.30. The molecular weight excluding hydrogens is 234 g/mol. The van der Waals surface area contributed by atoms with Gasteiger partial charge in [-0.3, -0.25) is 9.78 Å².